The minimum absolute atomic E-state index is 0.0378. The summed E-state index contributed by atoms with van der Waals surface area (Å²) in [6.07, 6.45) is 3.04. The van der Waals surface area contributed by atoms with Crippen molar-refractivity contribution in [3.63, 3.8) is 0 Å². The molecule has 152 valence electrons. The fraction of sp³-hybridized carbons (Fsp3) is 0.619. The molecule has 0 saturated carbocycles. The van der Waals surface area contributed by atoms with Crippen LogP contribution in [0.4, 0.5) is 5.69 Å². The minimum Gasteiger partial charge on any atom is -0.490 e. The molecule has 6 nitrogen and oxygen atoms in total. The zero-order valence-electron chi connectivity index (χ0n) is 17.4. The average Bonchev–Trinajstić information content (AvgIpc) is 2.66. The summed E-state index contributed by atoms with van der Waals surface area (Å²) in [6, 6.07) is 4.97. The van der Waals surface area contributed by atoms with Crippen LogP contribution in [0.5, 0.6) is 5.75 Å². The Morgan fingerprint density at radius 2 is 1.89 bits per heavy atom. The van der Waals surface area contributed by atoms with Gasteiger partial charge >= 0.3 is 5.97 Å². The van der Waals surface area contributed by atoms with Crippen molar-refractivity contribution < 1.29 is 23.8 Å². The fourth-order valence-electron chi connectivity index (χ4n) is 2.60. The SMILES string of the molecule is CCCO[C@@](C)(CCC)C(=O)Nc1ccc(O[C@@H](C)CC)c(C(=O)OC)c1. The lowest BCUT2D eigenvalue weighted by atomic mass is 9.98. The summed E-state index contributed by atoms with van der Waals surface area (Å²) in [6.45, 7) is 10.3. The first-order valence-electron chi connectivity index (χ1n) is 9.65. The molecular weight excluding hydrogens is 346 g/mol. The summed E-state index contributed by atoms with van der Waals surface area (Å²) in [5.41, 5.74) is -0.135. The maximum Gasteiger partial charge on any atom is 0.341 e. The van der Waals surface area contributed by atoms with Gasteiger partial charge in [-0.25, -0.2) is 4.79 Å². The number of ether oxygens (including phenoxy) is 3. The number of hydrogen-bond acceptors (Lipinski definition) is 5. The number of anilines is 1. The highest BCUT2D eigenvalue weighted by Crippen LogP contribution is 2.27. The smallest absolute Gasteiger partial charge is 0.341 e. The Labute approximate surface area is 162 Å². The summed E-state index contributed by atoms with van der Waals surface area (Å²) < 4.78 is 16.5. The summed E-state index contributed by atoms with van der Waals surface area (Å²) in [5.74, 6) is -0.306. The highest BCUT2D eigenvalue weighted by molar-refractivity contribution is 5.99. The monoisotopic (exact) mass is 379 g/mol. The van der Waals surface area contributed by atoms with Crippen molar-refractivity contribution in [2.75, 3.05) is 19.0 Å². The zero-order chi connectivity index (χ0) is 20.4. The second-order valence-corrected chi connectivity index (χ2v) is 6.82. The molecule has 0 heterocycles. The number of esters is 1. The van der Waals surface area contributed by atoms with E-state index in [0.29, 0.717) is 24.5 Å². The number of amides is 1. The van der Waals surface area contributed by atoms with E-state index in [2.05, 4.69) is 5.32 Å². The number of methoxy groups -OCH3 is 1. The topological polar surface area (TPSA) is 73.9 Å². The van der Waals surface area contributed by atoms with Crippen molar-refractivity contribution in [3.8, 4) is 5.75 Å². The normalized spacial score (nSPS) is 14.1. The Balaban J connectivity index is 3.08. The highest BCUT2D eigenvalue weighted by atomic mass is 16.5. The van der Waals surface area contributed by atoms with Crippen LogP contribution in [0.3, 0.4) is 0 Å². The summed E-state index contributed by atoms with van der Waals surface area (Å²) in [7, 11) is 1.32. The van der Waals surface area contributed by atoms with Crippen LogP contribution in [0.1, 0.15) is 70.7 Å². The van der Waals surface area contributed by atoms with E-state index in [1.54, 1.807) is 25.1 Å². The Morgan fingerprint density at radius 3 is 2.44 bits per heavy atom. The molecule has 0 aliphatic heterocycles. The van der Waals surface area contributed by atoms with Gasteiger partial charge < -0.3 is 19.5 Å². The van der Waals surface area contributed by atoms with Gasteiger partial charge in [0.05, 0.1) is 13.2 Å². The van der Waals surface area contributed by atoms with Crippen LogP contribution in [0.15, 0.2) is 18.2 Å². The third-order valence-electron chi connectivity index (χ3n) is 4.38. The quantitative estimate of drug-likeness (QED) is 0.570. The Bertz CT molecular complexity index is 631. The number of nitrogens with one attached hydrogen (secondary N) is 1. The Kier molecular flexibility index (Phi) is 9.29. The van der Waals surface area contributed by atoms with Gasteiger partial charge in [0, 0.05) is 12.3 Å². The molecule has 2 atom stereocenters. The maximum absolute atomic E-state index is 12.8. The van der Waals surface area contributed by atoms with E-state index >= 15 is 0 Å². The van der Waals surface area contributed by atoms with Crippen molar-refractivity contribution in [1.82, 2.24) is 0 Å². The number of hydrogen-bond donors (Lipinski definition) is 1. The molecule has 1 aromatic rings. The number of carbonyl (C=O) groups excluding carboxylic acids is 2. The van der Waals surface area contributed by atoms with Crippen molar-refractivity contribution in [3.05, 3.63) is 23.8 Å². The van der Waals surface area contributed by atoms with Crippen LogP contribution in [0, 0.1) is 0 Å². The van der Waals surface area contributed by atoms with E-state index in [1.807, 2.05) is 27.7 Å². The standard InChI is InChI=1S/C21H33NO5/c1-7-12-21(5,26-13-8-2)20(24)22-16-10-11-18(27-15(4)9-3)17(14-16)19(23)25-6/h10-11,14-15H,7-9,12-13H2,1-6H3,(H,22,24)/t15-,21-/m0/s1. The predicted octanol–water partition coefficient (Wildman–Crippen LogP) is 4.57. The molecule has 1 amide bonds. The fourth-order valence-corrected chi connectivity index (χ4v) is 2.60. The lowest BCUT2D eigenvalue weighted by molar-refractivity contribution is -0.140. The molecule has 0 aliphatic carbocycles. The molecule has 0 saturated heterocycles. The van der Waals surface area contributed by atoms with Crippen LogP contribution >= 0.6 is 0 Å². The third-order valence-corrected chi connectivity index (χ3v) is 4.38. The van der Waals surface area contributed by atoms with Crippen molar-refractivity contribution in [1.29, 1.82) is 0 Å². The van der Waals surface area contributed by atoms with Gasteiger partial charge in [0.2, 0.25) is 0 Å². The lowest BCUT2D eigenvalue weighted by Crippen LogP contribution is -2.43. The van der Waals surface area contributed by atoms with Gasteiger partial charge in [-0.3, -0.25) is 4.79 Å². The van der Waals surface area contributed by atoms with E-state index in [0.717, 1.165) is 19.3 Å². The van der Waals surface area contributed by atoms with Gasteiger partial charge in [0.15, 0.2) is 0 Å². The van der Waals surface area contributed by atoms with Gasteiger partial charge in [-0.2, -0.15) is 0 Å². The zero-order valence-corrected chi connectivity index (χ0v) is 17.4. The van der Waals surface area contributed by atoms with Crippen LogP contribution in [-0.4, -0.2) is 37.3 Å². The molecule has 0 bridgehead atoms. The van der Waals surface area contributed by atoms with E-state index in [9.17, 15) is 9.59 Å². The van der Waals surface area contributed by atoms with Crippen LogP contribution < -0.4 is 10.1 Å². The summed E-state index contributed by atoms with van der Waals surface area (Å²) in [4.78, 5) is 24.9. The molecule has 6 heteroatoms. The van der Waals surface area contributed by atoms with E-state index in [1.165, 1.54) is 7.11 Å². The van der Waals surface area contributed by atoms with Gasteiger partial charge in [-0.1, -0.05) is 27.2 Å². The van der Waals surface area contributed by atoms with Crippen LogP contribution in [-0.2, 0) is 14.3 Å². The maximum atomic E-state index is 12.8. The summed E-state index contributed by atoms with van der Waals surface area (Å²) in [5, 5.41) is 2.86. The third kappa shape index (κ3) is 6.54. The minimum atomic E-state index is -0.915. The first kappa shape index (κ1) is 23.0. The molecule has 0 aromatic heterocycles. The average molecular weight is 379 g/mol. The van der Waals surface area contributed by atoms with E-state index < -0.39 is 11.6 Å². The van der Waals surface area contributed by atoms with Crippen LogP contribution in [0.2, 0.25) is 0 Å². The van der Waals surface area contributed by atoms with E-state index in [4.69, 9.17) is 14.2 Å². The molecule has 0 unspecified atom stereocenters. The van der Waals surface area contributed by atoms with Crippen molar-refractivity contribution in [2.45, 2.75) is 72.0 Å². The molecular formula is C21H33NO5. The van der Waals surface area contributed by atoms with Crippen molar-refractivity contribution >= 4 is 17.6 Å². The molecule has 0 spiro atoms. The number of rotatable bonds is 11. The molecule has 1 N–H and O–H groups in total. The van der Waals surface area contributed by atoms with Gasteiger partial charge in [0.25, 0.3) is 5.91 Å². The largest absolute Gasteiger partial charge is 0.490 e. The first-order valence-corrected chi connectivity index (χ1v) is 9.65. The second kappa shape index (κ2) is 10.9. The molecule has 1 aromatic carbocycles. The van der Waals surface area contributed by atoms with Crippen LogP contribution in [0.25, 0.3) is 0 Å². The molecule has 0 fully saturated rings. The Morgan fingerprint density at radius 1 is 1.19 bits per heavy atom. The lowest BCUT2D eigenvalue weighted by Gasteiger charge is -2.28. The Hall–Kier alpha value is -2.08. The summed E-state index contributed by atoms with van der Waals surface area (Å²) >= 11 is 0. The van der Waals surface area contributed by atoms with Crippen molar-refractivity contribution in [2.24, 2.45) is 0 Å². The van der Waals surface area contributed by atoms with Gasteiger partial charge in [-0.05, 0) is 51.3 Å². The molecule has 0 radical (unpaired) electrons. The number of benzene rings is 1. The van der Waals surface area contributed by atoms with Gasteiger partial charge in [0.1, 0.15) is 16.9 Å². The molecule has 27 heavy (non-hydrogen) atoms. The number of carbonyl (C=O) groups is 2. The second-order valence-electron chi connectivity index (χ2n) is 6.82. The highest BCUT2D eigenvalue weighted by Gasteiger charge is 2.33. The van der Waals surface area contributed by atoms with E-state index in [-0.39, 0.29) is 17.6 Å². The predicted molar refractivity (Wildman–Crippen MR) is 106 cm³/mol. The first-order chi connectivity index (χ1) is 12.8. The van der Waals surface area contributed by atoms with Gasteiger partial charge in [-0.15, -0.1) is 0 Å². The molecule has 1 rings (SSSR count). The molecule has 0 aliphatic rings.